The number of amides is 1. The molecule has 1 atom stereocenters. The van der Waals surface area contributed by atoms with Crippen molar-refractivity contribution in [2.24, 2.45) is 0 Å². The average molecular weight is 446 g/mol. The molecular formula is C24H24FN7O. The fourth-order valence-electron chi connectivity index (χ4n) is 4.10. The Morgan fingerprint density at radius 3 is 2.58 bits per heavy atom. The number of carbonyl (C=O) groups excluding carboxylic acids is 1. The van der Waals surface area contributed by atoms with E-state index in [1.807, 2.05) is 43.3 Å². The molecule has 3 heterocycles. The van der Waals surface area contributed by atoms with E-state index in [2.05, 4.69) is 30.2 Å². The number of nitrogens with zero attached hydrogens (tertiary/aromatic N) is 6. The summed E-state index contributed by atoms with van der Waals surface area (Å²) in [6, 6.07) is 17.6. The lowest BCUT2D eigenvalue weighted by atomic mass is 10.1. The van der Waals surface area contributed by atoms with Gasteiger partial charge in [-0.1, -0.05) is 36.4 Å². The number of nitrogens with one attached hydrogen (secondary N) is 1. The summed E-state index contributed by atoms with van der Waals surface area (Å²) in [6.07, 6.45) is 1.51. The molecule has 2 aromatic heterocycles. The molecule has 1 aliphatic rings. The lowest BCUT2D eigenvalue weighted by Crippen LogP contribution is -2.53. The first-order valence-corrected chi connectivity index (χ1v) is 10.9. The molecule has 0 saturated carbocycles. The van der Waals surface area contributed by atoms with Crippen molar-refractivity contribution < 1.29 is 9.18 Å². The molecular weight excluding hydrogens is 421 g/mol. The Morgan fingerprint density at radius 2 is 1.82 bits per heavy atom. The molecule has 0 radical (unpaired) electrons. The Balaban J connectivity index is 1.30. The molecule has 1 amide bonds. The van der Waals surface area contributed by atoms with Crippen LogP contribution < -0.4 is 10.2 Å². The van der Waals surface area contributed by atoms with Crippen LogP contribution in [-0.2, 0) is 4.79 Å². The molecule has 5 rings (SSSR count). The van der Waals surface area contributed by atoms with Gasteiger partial charge in [-0.25, -0.2) is 9.37 Å². The van der Waals surface area contributed by atoms with Crippen molar-refractivity contribution in [2.75, 3.05) is 36.4 Å². The molecule has 1 aliphatic heterocycles. The predicted octanol–water partition coefficient (Wildman–Crippen LogP) is 3.08. The van der Waals surface area contributed by atoms with Gasteiger partial charge in [0.25, 0.3) is 5.78 Å². The van der Waals surface area contributed by atoms with Crippen molar-refractivity contribution in [1.82, 2.24) is 24.5 Å². The van der Waals surface area contributed by atoms with E-state index in [-0.39, 0.29) is 17.8 Å². The van der Waals surface area contributed by atoms with Crippen LogP contribution in [0, 0.1) is 5.82 Å². The second-order valence-corrected chi connectivity index (χ2v) is 8.04. The molecule has 2 aromatic carbocycles. The van der Waals surface area contributed by atoms with E-state index < -0.39 is 0 Å². The number of aromatic nitrogens is 4. The SMILES string of the molecule is CC(C(=O)Nc1cccc(F)c1)N1CCN(c2cc(-c3ccccc3)nc3ncnn23)CC1. The Labute approximate surface area is 190 Å². The van der Waals surface area contributed by atoms with Gasteiger partial charge in [-0.15, -0.1) is 0 Å². The van der Waals surface area contributed by atoms with Crippen LogP contribution >= 0.6 is 0 Å². The summed E-state index contributed by atoms with van der Waals surface area (Å²) in [5.41, 5.74) is 2.33. The quantitative estimate of drug-likeness (QED) is 0.509. The number of benzene rings is 2. The van der Waals surface area contributed by atoms with Crippen LogP contribution in [0.15, 0.2) is 67.0 Å². The van der Waals surface area contributed by atoms with Gasteiger partial charge in [0.05, 0.1) is 11.7 Å². The largest absolute Gasteiger partial charge is 0.354 e. The predicted molar refractivity (Wildman–Crippen MR) is 124 cm³/mol. The third-order valence-corrected chi connectivity index (χ3v) is 5.96. The van der Waals surface area contributed by atoms with Crippen molar-refractivity contribution in [3.8, 4) is 11.3 Å². The average Bonchev–Trinajstić information content (AvgIpc) is 3.32. The van der Waals surface area contributed by atoms with E-state index >= 15 is 0 Å². The molecule has 1 fully saturated rings. The maximum absolute atomic E-state index is 13.4. The highest BCUT2D eigenvalue weighted by molar-refractivity contribution is 5.94. The van der Waals surface area contributed by atoms with Crippen LogP contribution in [0.4, 0.5) is 15.9 Å². The number of hydrogen-bond acceptors (Lipinski definition) is 6. The standard InChI is InChI=1S/C24H24FN7O/c1-17(23(33)28-20-9-5-8-19(25)14-20)30-10-12-31(13-11-30)22-15-21(18-6-3-2-4-7-18)29-24-26-16-27-32(22)24/h2-9,14-17H,10-13H2,1H3,(H,28,33). The molecule has 8 nitrogen and oxygen atoms in total. The monoisotopic (exact) mass is 445 g/mol. The van der Waals surface area contributed by atoms with Crippen LogP contribution in [-0.4, -0.2) is 62.6 Å². The normalized spacial score (nSPS) is 15.5. The maximum Gasteiger partial charge on any atom is 0.254 e. The number of halogens is 1. The molecule has 0 spiro atoms. The zero-order chi connectivity index (χ0) is 22.8. The molecule has 9 heteroatoms. The van der Waals surface area contributed by atoms with Crippen molar-refractivity contribution in [3.63, 3.8) is 0 Å². The Kier molecular flexibility index (Phi) is 5.70. The fourth-order valence-corrected chi connectivity index (χ4v) is 4.10. The summed E-state index contributed by atoms with van der Waals surface area (Å²) < 4.78 is 15.2. The molecule has 4 aromatic rings. The van der Waals surface area contributed by atoms with Gasteiger partial charge in [-0.2, -0.15) is 14.6 Å². The molecule has 33 heavy (non-hydrogen) atoms. The smallest absolute Gasteiger partial charge is 0.254 e. The summed E-state index contributed by atoms with van der Waals surface area (Å²) in [6.45, 7) is 4.74. The zero-order valence-corrected chi connectivity index (χ0v) is 18.2. The number of anilines is 2. The lowest BCUT2D eigenvalue weighted by Gasteiger charge is -2.38. The summed E-state index contributed by atoms with van der Waals surface area (Å²) in [5, 5.41) is 7.16. The minimum absolute atomic E-state index is 0.150. The van der Waals surface area contributed by atoms with Crippen LogP contribution in [0.25, 0.3) is 17.0 Å². The van der Waals surface area contributed by atoms with E-state index in [4.69, 9.17) is 0 Å². The molecule has 0 aliphatic carbocycles. The van der Waals surface area contributed by atoms with Crippen molar-refractivity contribution in [3.05, 3.63) is 72.8 Å². The van der Waals surface area contributed by atoms with E-state index in [1.165, 1.54) is 18.5 Å². The molecule has 168 valence electrons. The second-order valence-electron chi connectivity index (χ2n) is 8.04. The molecule has 0 bridgehead atoms. The number of fused-ring (bicyclic) bond motifs is 1. The van der Waals surface area contributed by atoms with Crippen molar-refractivity contribution >= 4 is 23.2 Å². The first kappa shape index (κ1) is 21.0. The van der Waals surface area contributed by atoms with E-state index in [1.54, 1.807) is 16.6 Å². The van der Waals surface area contributed by atoms with Gasteiger partial charge in [0, 0.05) is 43.5 Å². The maximum atomic E-state index is 13.4. The molecule has 1 unspecified atom stereocenters. The lowest BCUT2D eigenvalue weighted by molar-refractivity contribution is -0.120. The summed E-state index contributed by atoms with van der Waals surface area (Å²) in [5.74, 6) is 0.952. The van der Waals surface area contributed by atoms with Gasteiger partial charge in [0.2, 0.25) is 5.91 Å². The zero-order valence-electron chi connectivity index (χ0n) is 18.2. The van der Waals surface area contributed by atoms with Gasteiger partial charge in [-0.3, -0.25) is 9.69 Å². The van der Waals surface area contributed by atoms with Crippen LogP contribution in [0.2, 0.25) is 0 Å². The van der Waals surface area contributed by atoms with Gasteiger partial charge >= 0.3 is 0 Å². The Bertz CT molecular complexity index is 1270. The van der Waals surface area contributed by atoms with Crippen LogP contribution in [0.1, 0.15) is 6.92 Å². The Hall–Kier alpha value is -3.85. The van der Waals surface area contributed by atoms with Crippen LogP contribution in [0.5, 0.6) is 0 Å². The summed E-state index contributed by atoms with van der Waals surface area (Å²) >= 11 is 0. The number of piperazine rings is 1. The Morgan fingerprint density at radius 1 is 1.03 bits per heavy atom. The van der Waals surface area contributed by atoms with Gasteiger partial charge in [0.15, 0.2) is 0 Å². The highest BCUT2D eigenvalue weighted by Crippen LogP contribution is 2.25. The van der Waals surface area contributed by atoms with Crippen LogP contribution in [0.3, 0.4) is 0 Å². The van der Waals surface area contributed by atoms with Gasteiger partial charge < -0.3 is 10.2 Å². The molecule has 1 saturated heterocycles. The third-order valence-electron chi connectivity index (χ3n) is 5.96. The number of rotatable bonds is 5. The highest BCUT2D eigenvalue weighted by atomic mass is 19.1. The number of hydrogen-bond donors (Lipinski definition) is 1. The highest BCUT2D eigenvalue weighted by Gasteiger charge is 2.27. The fraction of sp³-hybridized carbons (Fsp3) is 0.250. The van der Waals surface area contributed by atoms with Gasteiger partial charge in [0.1, 0.15) is 18.0 Å². The minimum Gasteiger partial charge on any atom is -0.354 e. The number of carbonyl (C=O) groups is 1. The first-order valence-electron chi connectivity index (χ1n) is 10.9. The second kappa shape index (κ2) is 8.95. The van der Waals surface area contributed by atoms with Crippen molar-refractivity contribution in [2.45, 2.75) is 13.0 Å². The third kappa shape index (κ3) is 4.40. The van der Waals surface area contributed by atoms with E-state index in [9.17, 15) is 9.18 Å². The summed E-state index contributed by atoms with van der Waals surface area (Å²) in [7, 11) is 0. The van der Waals surface area contributed by atoms with Gasteiger partial charge in [-0.05, 0) is 25.1 Å². The topological polar surface area (TPSA) is 78.7 Å². The van der Waals surface area contributed by atoms with E-state index in [0.29, 0.717) is 24.6 Å². The van der Waals surface area contributed by atoms with E-state index in [0.717, 1.165) is 30.2 Å². The van der Waals surface area contributed by atoms with Crippen molar-refractivity contribution in [1.29, 1.82) is 0 Å². The summed E-state index contributed by atoms with van der Waals surface area (Å²) in [4.78, 5) is 26.0. The minimum atomic E-state index is -0.374. The first-order chi connectivity index (χ1) is 16.1. The molecule has 1 N–H and O–H groups in total.